The largest absolute Gasteiger partial charge is 0.497 e. The van der Waals surface area contributed by atoms with Gasteiger partial charge in [0.2, 0.25) is 11.8 Å². The molecule has 1 fully saturated rings. The van der Waals surface area contributed by atoms with Crippen LogP contribution < -0.4 is 9.47 Å². The van der Waals surface area contributed by atoms with E-state index in [9.17, 15) is 11.0 Å². The van der Waals surface area contributed by atoms with Crippen molar-refractivity contribution in [1.82, 2.24) is 9.80 Å². The van der Waals surface area contributed by atoms with E-state index >= 15 is 0 Å². The number of methoxy groups -OCH3 is 2. The number of nitrogens with zero attached hydrogens (tertiary/aromatic N) is 2. The Morgan fingerprint density at radius 3 is 1.72 bits per heavy atom. The van der Waals surface area contributed by atoms with Gasteiger partial charge in [-0.25, -0.2) is 0 Å². The van der Waals surface area contributed by atoms with Crippen molar-refractivity contribution < 1.29 is 21.8 Å². The summed E-state index contributed by atoms with van der Waals surface area (Å²) >= 11 is 0. The van der Waals surface area contributed by atoms with Crippen molar-refractivity contribution in [3.05, 3.63) is 95.6 Å². The van der Waals surface area contributed by atoms with Gasteiger partial charge < -0.3 is 19.3 Å². The van der Waals surface area contributed by atoms with E-state index in [1.54, 1.807) is 62.8 Å². The van der Waals surface area contributed by atoms with Crippen molar-refractivity contribution in [2.75, 3.05) is 14.2 Å². The average molecular weight is 489 g/mol. The van der Waals surface area contributed by atoms with E-state index in [1.165, 1.54) is 9.80 Å². The zero-order valence-corrected chi connectivity index (χ0v) is 21.2. The van der Waals surface area contributed by atoms with Crippen molar-refractivity contribution >= 4 is 11.8 Å². The van der Waals surface area contributed by atoms with Crippen LogP contribution in [0.25, 0.3) is 0 Å². The topological polar surface area (TPSA) is 59.1 Å². The molecule has 0 aromatic heterocycles. The standard InChI is InChI=1S/C30H34N2O4/c1-21(2)28-30(34)31(19-23-10-14-25(35-3)15-11-23)27(18-22-8-6-5-7-9-22)29(33)32(28)20-24-12-16-26(36-4)17-13-24/h5-17,21,27-28H,18-20H2,1-4H3/t27-,28+/m1/s1/i18D,27D/t18-,27+,28-/m0. The summed E-state index contributed by atoms with van der Waals surface area (Å²) in [6, 6.07) is 20.3. The van der Waals surface area contributed by atoms with Gasteiger partial charge in [-0.3, -0.25) is 9.59 Å². The number of hydrogen-bond acceptors (Lipinski definition) is 4. The van der Waals surface area contributed by atoms with Crippen LogP contribution in [0.5, 0.6) is 11.5 Å². The lowest BCUT2D eigenvalue weighted by Crippen LogP contribution is -2.65. The molecule has 3 atom stereocenters. The smallest absolute Gasteiger partial charge is 0.246 e. The molecule has 188 valence electrons. The molecule has 1 aliphatic rings. The van der Waals surface area contributed by atoms with Gasteiger partial charge in [-0.1, -0.05) is 68.4 Å². The Kier molecular flexibility index (Phi) is 7.10. The van der Waals surface area contributed by atoms with Crippen LogP contribution in [0.4, 0.5) is 0 Å². The second-order valence-electron chi connectivity index (χ2n) is 9.18. The molecule has 1 heterocycles. The van der Waals surface area contributed by atoms with E-state index in [0.717, 1.165) is 11.1 Å². The fourth-order valence-corrected chi connectivity index (χ4v) is 4.47. The van der Waals surface area contributed by atoms with Gasteiger partial charge in [-0.05, 0) is 46.9 Å². The molecule has 2 amide bonds. The summed E-state index contributed by atoms with van der Waals surface area (Å²) in [6.07, 6.45) is -1.31. The summed E-state index contributed by atoms with van der Waals surface area (Å²) in [4.78, 5) is 31.3. The van der Waals surface area contributed by atoms with E-state index in [0.29, 0.717) is 17.1 Å². The minimum Gasteiger partial charge on any atom is -0.497 e. The number of benzene rings is 3. The first-order chi connectivity index (χ1) is 18.2. The molecule has 1 aliphatic heterocycles. The quantitative estimate of drug-likeness (QED) is 0.438. The van der Waals surface area contributed by atoms with E-state index in [2.05, 4.69) is 0 Å². The van der Waals surface area contributed by atoms with E-state index in [-0.39, 0.29) is 24.9 Å². The summed E-state index contributed by atoms with van der Waals surface area (Å²) in [7, 11) is 3.16. The molecule has 1 saturated heterocycles. The molecule has 0 unspecified atom stereocenters. The Hall–Kier alpha value is -3.80. The number of piperazine rings is 1. The highest BCUT2D eigenvalue weighted by atomic mass is 16.5. The maximum absolute atomic E-state index is 14.3. The predicted octanol–water partition coefficient (Wildman–Crippen LogP) is 4.71. The highest BCUT2D eigenvalue weighted by molar-refractivity contribution is 5.97. The highest BCUT2D eigenvalue weighted by Crippen LogP contribution is 2.29. The first kappa shape index (κ1) is 22.7. The summed E-state index contributed by atoms with van der Waals surface area (Å²) in [5.41, 5.74) is 2.05. The van der Waals surface area contributed by atoms with Gasteiger partial charge in [0.25, 0.3) is 0 Å². The molecule has 0 bridgehead atoms. The summed E-state index contributed by atoms with van der Waals surface area (Å²) < 4.78 is 29.2. The molecule has 0 N–H and O–H groups in total. The normalized spacial score (nSPS) is 21.8. The van der Waals surface area contributed by atoms with Crippen molar-refractivity contribution in [3.63, 3.8) is 0 Å². The second kappa shape index (κ2) is 11.3. The molecule has 0 spiro atoms. The minimum atomic E-state index is -2.17. The van der Waals surface area contributed by atoms with Gasteiger partial charge in [0.15, 0.2) is 0 Å². The van der Waals surface area contributed by atoms with Gasteiger partial charge in [-0.2, -0.15) is 0 Å². The number of ether oxygens (including phenoxy) is 2. The molecule has 6 heteroatoms. The predicted molar refractivity (Wildman–Crippen MR) is 140 cm³/mol. The molecule has 4 rings (SSSR count). The Labute approximate surface area is 216 Å². The minimum absolute atomic E-state index is 0.0277. The number of carbonyl (C=O) groups excluding carboxylic acids is 2. The molecule has 0 radical (unpaired) electrons. The van der Waals surface area contributed by atoms with Gasteiger partial charge in [0, 0.05) is 20.9 Å². The van der Waals surface area contributed by atoms with Crippen LogP contribution in [0.3, 0.4) is 0 Å². The van der Waals surface area contributed by atoms with Gasteiger partial charge in [-0.15, -0.1) is 0 Å². The first-order valence-corrected chi connectivity index (χ1v) is 12.1. The number of hydrogen-bond donors (Lipinski definition) is 0. The summed E-state index contributed by atoms with van der Waals surface area (Å²) in [6.45, 7) is 3.97. The monoisotopic (exact) mass is 488 g/mol. The SMILES string of the molecule is [2H][C@@H](c1ccccc1)[C@]1([2H])C(=O)N(Cc2ccc(OC)cc2)[C@@H](C(C)C)C(=O)N1Cc1ccc(OC)cc1. The van der Waals surface area contributed by atoms with Crippen molar-refractivity contribution in [2.24, 2.45) is 5.92 Å². The number of amides is 2. The Bertz CT molecular complexity index is 1250. The molecule has 0 aliphatic carbocycles. The third-order valence-electron chi connectivity index (χ3n) is 6.37. The summed E-state index contributed by atoms with van der Waals surface area (Å²) in [5.74, 6) is 0.246. The zero-order chi connectivity index (χ0) is 27.4. The zero-order valence-electron chi connectivity index (χ0n) is 23.2. The van der Waals surface area contributed by atoms with E-state index in [1.807, 2.05) is 44.2 Å². The average Bonchev–Trinajstić information content (AvgIpc) is 2.94. The summed E-state index contributed by atoms with van der Waals surface area (Å²) in [5, 5.41) is 0. The lowest BCUT2D eigenvalue weighted by atomic mass is 9.91. The highest BCUT2D eigenvalue weighted by Gasteiger charge is 2.46. The number of carbonyl (C=O) groups is 2. The molecule has 3 aromatic carbocycles. The third kappa shape index (κ3) is 5.54. The van der Waals surface area contributed by atoms with Gasteiger partial charge in [0.1, 0.15) is 23.6 Å². The maximum atomic E-state index is 14.3. The van der Waals surface area contributed by atoms with E-state index < -0.39 is 24.4 Å². The number of rotatable bonds is 9. The Balaban J connectivity index is 1.79. The molecule has 36 heavy (non-hydrogen) atoms. The second-order valence-corrected chi connectivity index (χ2v) is 9.18. The fourth-order valence-electron chi connectivity index (χ4n) is 4.47. The van der Waals surface area contributed by atoms with Crippen LogP contribution in [-0.2, 0) is 29.1 Å². The van der Waals surface area contributed by atoms with Crippen LogP contribution in [-0.4, -0.2) is 47.9 Å². The van der Waals surface area contributed by atoms with Crippen LogP contribution in [0.15, 0.2) is 78.9 Å². The lowest BCUT2D eigenvalue weighted by molar-refractivity contribution is -0.165. The lowest BCUT2D eigenvalue weighted by Gasteiger charge is -2.46. The Morgan fingerprint density at radius 1 is 0.750 bits per heavy atom. The van der Waals surface area contributed by atoms with Crippen LogP contribution in [0.1, 0.15) is 33.3 Å². The third-order valence-corrected chi connectivity index (χ3v) is 6.37. The van der Waals surface area contributed by atoms with Crippen LogP contribution in [0.2, 0.25) is 0 Å². The van der Waals surface area contributed by atoms with Crippen molar-refractivity contribution in [2.45, 2.75) is 45.4 Å². The van der Waals surface area contributed by atoms with Crippen LogP contribution in [0, 0.1) is 5.92 Å². The fraction of sp³-hybridized carbons (Fsp3) is 0.333. The van der Waals surface area contributed by atoms with Crippen LogP contribution >= 0.6 is 0 Å². The molecule has 0 saturated carbocycles. The van der Waals surface area contributed by atoms with Gasteiger partial charge in [0.05, 0.1) is 15.6 Å². The van der Waals surface area contributed by atoms with Crippen molar-refractivity contribution in [3.8, 4) is 11.5 Å². The molecule has 3 aromatic rings. The molecular formula is C30H34N2O4. The first-order valence-electron chi connectivity index (χ1n) is 13.1. The maximum Gasteiger partial charge on any atom is 0.246 e. The Morgan fingerprint density at radius 2 is 1.25 bits per heavy atom. The van der Waals surface area contributed by atoms with E-state index in [4.69, 9.17) is 10.8 Å². The van der Waals surface area contributed by atoms with Crippen molar-refractivity contribution in [1.29, 1.82) is 0 Å². The molecule has 6 nitrogen and oxygen atoms in total. The van der Waals surface area contributed by atoms with Gasteiger partial charge >= 0.3 is 0 Å². The molecular weight excluding hydrogens is 452 g/mol.